The molecule has 0 aromatic carbocycles. The summed E-state index contributed by atoms with van der Waals surface area (Å²) in [6.45, 7) is 2.69. The van der Waals surface area contributed by atoms with Crippen molar-refractivity contribution in [1.82, 2.24) is 5.32 Å². The van der Waals surface area contributed by atoms with Crippen LogP contribution in [0.3, 0.4) is 0 Å². The second-order valence-electron chi connectivity index (χ2n) is 4.62. The molecule has 0 unspecified atom stereocenters. The van der Waals surface area contributed by atoms with Crippen LogP contribution in [0.4, 0.5) is 4.79 Å². The molecule has 0 radical (unpaired) electrons. The predicted octanol–water partition coefficient (Wildman–Crippen LogP) is 3.96. The average molecular weight is 251 g/mol. The molecule has 3 heteroatoms. The number of carbonyl (C=O) groups excluding carboxylic acids is 1. The topological polar surface area (TPSA) is 38.3 Å². The first-order chi connectivity index (χ1) is 8.83. The van der Waals surface area contributed by atoms with Gasteiger partial charge >= 0.3 is 6.09 Å². The van der Waals surface area contributed by atoms with Crippen LogP contribution in [-0.2, 0) is 4.74 Å². The van der Waals surface area contributed by atoms with Gasteiger partial charge in [0.05, 0.1) is 0 Å². The summed E-state index contributed by atoms with van der Waals surface area (Å²) >= 11 is 0. The Balaban J connectivity index is 1.97. The van der Waals surface area contributed by atoms with Crippen LogP contribution in [0.5, 0.6) is 0 Å². The van der Waals surface area contributed by atoms with E-state index in [1.165, 1.54) is 12.8 Å². The molecule has 0 aromatic rings. The van der Waals surface area contributed by atoms with E-state index in [0.29, 0.717) is 6.54 Å². The van der Waals surface area contributed by atoms with Gasteiger partial charge in [0.25, 0.3) is 0 Å². The molecule has 1 fully saturated rings. The van der Waals surface area contributed by atoms with Gasteiger partial charge in [-0.2, -0.15) is 0 Å². The first kappa shape index (κ1) is 14.8. The predicted molar refractivity (Wildman–Crippen MR) is 74.5 cm³/mol. The lowest BCUT2D eigenvalue weighted by Crippen LogP contribution is -2.27. The van der Waals surface area contributed by atoms with Crippen molar-refractivity contribution in [3.05, 3.63) is 24.3 Å². The Hall–Kier alpha value is -1.25. The second kappa shape index (κ2) is 9.75. The van der Waals surface area contributed by atoms with Crippen molar-refractivity contribution in [2.75, 3.05) is 6.54 Å². The molecule has 1 rings (SSSR count). The van der Waals surface area contributed by atoms with Gasteiger partial charge in [0.1, 0.15) is 6.10 Å². The molecule has 1 amide bonds. The molecule has 102 valence electrons. The van der Waals surface area contributed by atoms with Gasteiger partial charge in [-0.05, 0) is 44.9 Å². The van der Waals surface area contributed by atoms with Crippen LogP contribution in [-0.4, -0.2) is 18.7 Å². The molecule has 1 aliphatic rings. The van der Waals surface area contributed by atoms with Crippen molar-refractivity contribution >= 4 is 6.09 Å². The molecule has 1 N–H and O–H groups in total. The van der Waals surface area contributed by atoms with Crippen molar-refractivity contribution in [3.8, 4) is 0 Å². The minimum atomic E-state index is -0.280. The summed E-state index contributed by atoms with van der Waals surface area (Å²) in [5, 5.41) is 2.75. The molecular weight excluding hydrogens is 226 g/mol. The van der Waals surface area contributed by atoms with Gasteiger partial charge in [-0.3, -0.25) is 0 Å². The van der Waals surface area contributed by atoms with E-state index in [2.05, 4.69) is 30.5 Å². The number of carbonyl (C=O) groups is 1. The molecule has 1 saturated carbocycles. The Morgan fingerprint density at radius 1 is 1.17 bits per heavy atom. The maximum Gasteiger partial charge on any atom is 0.407 e. The fourth-order valence-electron chi connectivity index (χ4n) is 2.02. The number of ether oxygens (including phenoxy) is 1. The molecule has 0 heterocycles. The van der Waals surface area contributed by atoms with E-state index >= 15 is 0 Å². The summed E-state index contributed by atoms with van der Waals surface area (Å²) in [4.78, 5) is 11.4. The largest absolute Gasteiger partial charge is 0.446 e. The molecule has 0 aromatic heterocycles. The fourth-order valence-corrected chi connectivity index (χ4v) is 2.02. The fraction of sp³-hybridized carbons (Fsp3) is 0.667. The third-order valence-electron chi connectivity index (χ3n) is 3.01. The number of amides is 1. The van der Waals surface area contributed by atoms with Gasteiger partial charge in [-0.25, -0.2) is 4.79 Å². The zero-order chi connectivity index (χ0) is 13.1. The highest BCUT2D eigenvalue weighted by Gasteiger charge is 2.18. The number of hydrogen-bond donors (Lipinski definition) is 1. The number of unbranched alkanes of at least 4 members (excludes halogenated alkanes) is 1. The normalized spacial score (nSPS) is 16.7. The lowest BCUT2D eigenvalue weighted by molar-refractivity contribution is 0.102. The van der Waals surface area contributed by atoms with Crippen LogP contribution in [0.25, 0.3) is 0 Å². The van der Waals surface area contributed by atoms with E-state index in [1.807, 2.05) is 6.08 Å². The first-order valence-corrected chi connectivity index (χ1v) is 7.07. The number of rotatable bonds is 7. The van der Waals surface area contributed by atoms with Crippen molar-refractivity contribution in [2.24, 2.45) is 0 Å². The Labute approximate surface area is 110 Å². The molecular formula is C15H25NO2. The molecule has 0 spiro atoms. The number of nitrogens with one attached hydrogen (secondary N) is 1. The van der Waals surface area contributed by atoms with Crippen molar-refractivity contribution in [3.63, 3.8) is 0 Å². The minimum Gasteiger partial charge on any atom is -0.446 e. The molecule has 0 bridgehead atoms. The van der Waals surface area contributed by atoms with Gasteiger partial charge in [0.2, 0.25) is 0 Å². The zero-order valence-corrected chi connectivity index (χ0v) is 11.4. The van der Waals surface area contributed by atoms with E-state index in [4.69, 9.17) is 4.74 Å². The second-order valence-corrected chi connectivity index (χ2v) is 4.62. The van der Waals surface area contributed by atoms with E-state index < -0.39 is 0 Å². The standard InChI is InChI=1S/C15H25NO2/c1-2-3-4-5-6-7-10-13-16-15(17)18-14-11-8-9-12-14/h3-4,7,10,14H,2,5-6,8-9,11-13H2,1H3,(H,16,17). The van der Waals surface area contributed by atoms with Crippen LogP contribution in [0.15, 0.2) is 24.3 Å². The summed E-state index contributed by atoms with van der Waals surface area (Å²) in [7, 11) is 0. The molecule has 0 atom stereocenters. The highest BCUT2D eigenvalue weighted by atomic mass is 16.6. The highest BCUT2D eigenvalue weighted by Crippen LogP contribution is 2.20. The maximum absolute atomic E-state index is 11.4. The van der Waals surface area contributed by atoms with Gasteiger partial charge in [0, 0.05) is 6.54 Å². The monoisotopic (exact) mass is 251 g/mol. The number of alkyl carbamates (subject to hydrolysis) is 1. The lowest BCUT2D eigenvalue weighted by Gasteiger charge is -2.10. The third-order valence-corrected chi connectivity index (χ3v) is 3.01. The van der Waals surface area contributed by atoms with Crippen molar-refractivity contribution in [1.29, 1.82) is 0 Å². The molecule has 0 aliphatic heterocycles. The Morgan fingerprint density at radius 3 is 2.50 bits per heavy atom. The quantitative estimate of drug-likeness (QED) is 0.549. The molecule has 0 saturated heterocycles. The average Bonchev–Trinajstić information content (AvgIpc) is 2.85. The van der Waals surface area contributed by atoms with Crippen LogP contribution in [0.2, 0.25) is 0 Å². The Bertz CT molecular complexity index is 278. The smallest absolute Gasteiger partial charge is 0.407 e. The van der Waals surface area contributed by atoms with Gasteiger partial charge in [-0.15, -0.1) is 0 Å². The lowest BCUT2D eigenvalue weighted by atomic mass is 10.2. The van der Waals surface area contributed by atoms with Crippen LogP contribution < -0.4 is 5.32 Å². The third kappa shape index (κ3) is 7.15. The summed E-state index contributed by atoms with van der Waals surface area (Å²) in [6, 6.07) is 0. The van der Waals surface area contributed by atoms with Gasteiger partial charge in [-0.1, -0.05) is 31.2 Å². The van der Waals surface area contributed by atoms with Crippen molar-refractivity contribution < 1.29 is 9.53 Å². The molecule has 1 aliphatic carbocycles. The SMILES string of the molecule is CCC=CCCC=CCNC(=O)OC1CCCC1. The molecule has 3 nitrogen and oxygen atoms in total. The maximum atomic E-state index is 11.4. The Kier molecular flexibility index (Phi) is 8.02. The number of allylic oxidation sites excluding steroid dienone is 3. The summed E-state index contributed by atoms with van der Waals surface area (Å²) in [6.07, 6.45) is 15.9. The minimum absolute atomic E-state index is 0.146. The van der Waals surface area contributed by atoms with Crippen LogP contribution >= 0.6 is 0 Å². The number of hydrogen-bond acceptors (Lipinski definition) is 2. The Morgan fingerprint density at radius 2 is 1.83 bits per heavy atom. The zero-order valence-electron chi connectivity index (χ0n) is 11.4. The van der Waals surface area contributed by atoms with E-state index in [1.54, 1.807) is 0 Å². The van der Waals surface area contributed by atoms with Gasteiger partial charge < -0.3 is 10.1 Å². The first-order valence-electron chi connectivity index (χ1n) is 7.07. The van der Waals surface area contributed by atoms with E-state index in [9.17, 15) is 4.79 Å². The summed E-state index contributed by atoms with van der Waals surface area (Å²) in [5.74, 6) is 0. The summed E-state index contributed by atoms with van der Waals surface area (Å²) in [5.41, 5.74) is 0. The summed E-state index contributed by atoms with van der Waals surface area (Å²) < 4.78 is 5.28. The van der Waals surface area contributed by atoms with Gasteiger partial charge in [0.15, 0.2) is 0 Å². The van der Waals surface area contributed by atoms with E-state index in [-0.39, 0.29) is 12.2 Å². The van der Waals surface area contributed by atoms with Crippen LogP contribution in [0, 0.1) is 0 Å². The highest BCUT2D eigenvalue weighted by molar-refractivity contribution is 5.67. The molecule has 18 heavy (non-hydrogen) atoms. The van der Waals surface area contributed by atoms with Crippen LogP contribution in [0.1, 0.15) is 51.9 Å². The van der Waals surface area contributed by atoms with E-state index in [0.717, 1.165) is 32.1 Å². The van der Waals surface area contributed by atoms with Crippen molar-refractivity contribution in [2.45, 2.75) is 58.0 Å².